The number of imidazole rings is 1. The molecule has 100 valence electrons. The summed E-state index contributed by atoms with van der Waals surface area (Å²) in [5.74, 6) is 1.88. The van der Waals surface area contributed by atoms with Gasteiger partial charge in [-0.2, -0.15) is 11.8 Å². The first-order chi connectivity index (χ1) is 9.11. The van der Waals surface area contributed by atoms with Gasteiger partial charge in [-0.3, -0.25) is 9.20 Å². The van der Waals surface area contributed by atoms with Gasteiger partial charge in [0.05, 0.1) is 0 Å². The lowest BCUT2D eigenvalue weighted by Gasteiger charge is -2.37. The summed E-state index contributed by atoms with van der Waals surface area (Å²) in [6.45, 7) is 6.33. The average Bonchev–Trinajstić information content (AvgIpc) is 2.76. The second kappa shape index (κ2) is 4.56. The zero-order valence-corrected chi connectivity index (χ0v) is 12.0. The molecule has 0 spiro atoms. The molecule has 0 amide bonds. The van der Waals surface area contributed by atoms with Crippen LogP contribution in [0.3, 0.4) is 0 Å². The Kier molecular flexibility index (Phi) is 3.01. The van der Waals surface area contributed by atoms with Gasteiger partial charge in [0.1, 0.15) is 11.3 Å². The third kappa shape index (κ3) is 2.23. The number of carbonyl (C=O) groups excluding carboxylic acids is 1. The molecule has 1 saturated heterocycles. The monoisotopic (exact) mass is 275 g/mol. The fraction of sp³-hybridized carbons (Fsp3) is 0.429. The fourth-order valence-electron chi connectivity index (χ4n) is 2.54. The van der Waals surface area contributed by atoms with E-state index in [0.29, 0.717) is 5.69 Å². The van der Waals surface area contributed by atoms with Crippen molar-refractivity contribution in [3.63, 3.8) is 0 Å². The van der Waals surface area contributed by atoms with Crippen LogP contribution in [-0.4, -0.2) is 39.3 Å². The van der Waals surface area contributed by atoms with Gasteiger partial charge in [0, 0.05) is 29.8 Å². The normalized spacial score (nSPS) is 18.7. The fourth-order valence-corrected chi connectivity index (χ4v) is 3.65. The number of carbonyl (C=O) groups is 1. The lowest BCUT2D eigenvalue weighted by atomic mass is 10.2. The van der Waals surface area contributed by atoms with Gasteiger partial charge in [-0.05, 0) is 26.0 Å². The topological polar surface area (TPSA) is 37.6 Å². The molecular formula is C14H17N3OS. The van der Waals surface area contributed by atoms with E-state index in [0.717, 1.165) is 36.6 Å². The Balaban J connectivity index is 2.07. The summed E-state index contributed by atoms with van der Waals surface area (Å²) in [5.41, 5.74) is 1.48. The van der Waals surface area contributed by atoms with E-state index >= 15 is 0 Å². The molecule has 3 rings (SSSR count). The molecule has 0 atom stereocenters. The summed E-state index contributed by atoms with van der Waals surface area (Å²) in [4.78, 5) is 18.3. The number of nitrogens with zero attached hydrogens (tertiary/aromatic N) is 3. The molecule has 0 aromatic carbocycles. The maximum Gasteiger partial charge on any atom is 0.170 e. The van der Waals surface area contributed by atoms with Crippen molar-refractivity contribution in [2.24, 2.45) is 0 Å². The van der Waals surface area contributed by atoms with Crippen molar-refractivity contribution in [2.75, 3.05) is 23.7 Å². The predicted octanol–water partition coefficient (Wildman–Crippen LogP) is 2.48. The Bertz CT molecular complexity index is 620. The van der Waals surface area contributed by atoms with Crippen molar-refractivity contribution in [2.45, 2.75) is 18.6 Å². The van der Waals surface area contributed by atoms with Gasteiger partial charge in [0.25, 0.3) is 0 Å². The van der Waals surface area contributed by atoms with Gasteiger partial charge in [-0.15, -0.1) is 0 Å². The van der Waals surface area contributed by atoms with E-state index in [2.05, 4.69) is 23.7 Å². The number of pyridine rings is 1. The predicted molar refractivity (Wildman–Crippen MR) is 79.3 cm³/mol. The number of fused-ring (bicyclic) bond motifs is 1. The van der Waals surface area contributed by atoms with Gasteiger partial charge < -0.3 is 4.90 Å². The van der Waals surface area contributed by atoms with E-state index < -0.39 is 0 Å². The first kappa shape index (κ1) is 12.5. The highest BCUT2D eigenvalue weighted by atomic mass is 32.2. The van der Waals surface area contributed by atoms with Crippen molar-refractivity contribution in [1.29, 1.82) is 0 Å². The maximum absolute atomic E-state index is 11.4. The number of rotatable bonds is 2. The van der Waals surface area contributed by atoms with E-state index in [9.17, 15) is 4.79 Å². The Morgan fingerprint density at radius 1 is 1.42 bits per heavy atom. The maximum atomic E-state index is 11.4. The minimum Gasteiger partial charge on any atom is -0.353 e. The number of aromatic nitrogens is 2. The van der Waals surface area contributed by atoms with Gasteiger partial charge in [-0.1, -0.05) is 6.07 Å². The molecule has 0 saturated carbocycles. The minimum atomic E-state index is 0.203. The molecule has 1 aliphatic rings. The van der Waals surface area contributed by atoms with Crippen LogP contribution in [0.2, 0.25) is 0 Å². The third-order valence-electron chi connectivity index (χ3n) is 3.38. The summed E-state index contributed by atoms with van der Waals surface area (Å²) >= 11 is 1.97. The third-order valence-corrected chi connectivity index (χ3v) is 4.68. The number of hydrogen-bond acceptors (Lipinski definition) is 4. The molecule has 1 aliphatic heterocycles. The molecule has 19 heavy (non-hydrogen) atoms. The van der Waals surface area contributed by atoms with E-state index in [-0.39, 0.29) is 4.75 Å². The summed E-state index contributed by atoms with van der Waals surface area (Å²) in [7, 11) is 0. The number of hydrogen-bond donors (Lipinski definition) is 0. The molecule has 3 heterocycles. The molecule has 0 radical (unpaired) electrons. The van der Waals surface area contributed by atoms with Gasteiger partial charge in [0.15, 0.2) is 12.1 Å². The Labute approximate surface area is 116 Å². The van der Waals surface area contributed by atoms with Crippen molar-refractivity contribution < 1.29 is 4.79 Å². The zero-order chi connectivity index (χ0) is 13.5. The number of anilines is 1. The number of thioether (sulfide) groups is 1. The lowest BCUT2D eigenvalue weighted by Crippen LogP contribution is -2.43. The van der Waals surface area contributed by atoms with Crippen LogP contribution in [0.5, 0.6) is 0 Å². The van der Waals surface area contributed by atoms with Crippen LogP contribution in [0.4, 0.5) is 5.82 Å². The first-order valence-electron chi connectivity index (χ1n) is 6.42. The van der Waals surface area contributed by atoms with Crippen LogP contribution >= 0.6 is 11.8 Å². The van der Waals surface area contributed by atoms with Crippen molar-refractivity contribution in [1.82, 2.24) is 9.38 Å². The Morgan fingerprint density at radius 3 is 3.00 bits per heavy atom. The van der Waals surface area contributed by atoms with Crippen molar-refractivity contribution in [3.05, 3.63) is 30.1 Å². The highest BCUT2D eigenvalue weighted by molar-refractivity contribution is 8.00. The molecule has 0 N–H and O–H groups in total. The van der Waals surface area contributed by atoms with Crippen LogP contribution in [0.15, 0.2) is 24.4 Å². The quantitative estimate of drug-likeness (QED) is 0.789. The Hall–Kier alpha value is -1.49. The molecule has 0 aliphatic carbocycles. The van der Waals surface area contributed by atoms with E-state index in [4.69, 9.17) is 0 Å². The molecule has 5 heteroatoms. The molecule has 0 unspecified atom stereocenters. The van der Waals surface area contributed by atoms with Crippen molar-refractivity contribution >= 4 is 29.5 Å². The first-order valence-corrected chi connectivity index (χ1v) is 7.40. The molecular weight excluding hydrogens is 258 g/mol. The second-order valence-corrected chi connectivity index (χ2v) is 7.20. The smallest absolute Gasteiger partial charge is 0.170 e. The van der Waals surface area contributed by atoms with Crippen LogP contribution in [0.25, 0.3) is 5.65 Å². The molecule has 4 nitrogen and oxygen atoms in total. The molecule has 1 fully saturated rings. The summed E-state index contributed by atoms with van der Waals surface area (Å²) in [6, 6.07) is 5.79. The standard InChI is InChI=1S/C14H17N3OS/c1-14(2)10-16(7-8-19-14)13-11(9-18)17-6-4-3-5-12(17)15-13/h3-6,9H,7-8,10H2,1-2H3. The summed E-state index contributed by atoms with van der Waals surface area (Å²) < 4.78 is 2.06. The lowest BCUT2D eigenvalue weighted by molar-refractivity contribution is 0.111. The molecule has 0 bridgehead atoms. The Morgan fingerprint density at radius 2 is 2.26 bits per heavy atom. The minimum absolute atomic E-state index is 0.203. The van der Waals surface area contributed by atoms with Gasteiger partial charge >= 0.3 is 0 Å². The van der Waals surface area contributed by atoms with Gasteiger partial charge in [0.2, 0.25) is 0 Å². The highest BCUT2D eigenvalue weighted by Crippen LogP contribution is 2.33. The van der Waals surface area contributed by atoms with E-state index in [1.165, 1.54) is 0 Å². The summed E-state index contributed by atoms with van der Waals surface area (Å²) in [5, 5.41) is 0. The van der Waals surface area contributed by atoms with E-state index in [1.54, 1.807) is 0 Å². The van der Waals surface area contributed by atoms with Crippen LogP contribution in [-0.2, 0) is 0 Å². The summed E-state index contributed by atoms with van der Waals surface area (Å²) in [6.07, 6.45) is 2.80. The number of aldehydes is 1. The van der Waals surface area contributed by atoms with E-state index in [1.807, 2.05) is 40.6 Å². The average molecular weight is 275 g/mol. The van der Waals surface area contributed by atoms with Gasteiger partial charge in [-0.25, -0.2) is 4.98 Å². The van der Waals surface area contributed by atoms with Crippen molar-refractivity contribution in [3.8, 4) is 0 Å². The zero-order valence-electron chi connectivity index (χ0n) is 11.2. The molecule has 2 aromatic heterocycles. The largest absolute Gasteiger partial charge is 0.353 e. The second-order valence-electron chi connectivity index (χ2n) is 5.40. The highest BCUT2D eigenvalue weighted by Gasteiger charge is 2.29. The van der Waals surface area contributed by atoms with Crippen LogP contribution in [0.1, 0.15) is 24.3 Å². The van der Waals surface area contributed by atoms with Crippen LogP contribution < -0.4 is 4.90 Å². The van der Waals surface area contributed by atoms with Crippen LogP contribution in [0, 0.1) is 0 Å². The SMILES string of the molecule is CC1(C)CN(c2nc3ccccn3c2C=O)CCS1. The molecule has 2 aromatic rings.